The summed E-state index contributed by atoms with van der Waals surface area (Å²) in [6.07, 6.45) is 9.43. The van der Waals surface area contributed by atoms with E-state index in [9.17, 15) is 19.7 Å². The summed E-state index contributed by atoms with van der Waals surface area (Å²) in [5, 5.41) is 11.0. The summed E-state index contributed by atoms with van der Waals surface area (Å²) in [4.78, 5) is 36.0. The van der Waals surface area contributed by atoms with E-state index >= 15 is 0 Å². The van der Waals surface area contributed by atoms with E-state index in [1.807, 2.05) is 0 Å². The average molecular weight is 408 g/mol. The molecule has 0 aliphatic rings. The highest BCUT2D eigenvalue weighted by molar-refractivity contribution is 6.03. The minimum atomic E-state index is -0.672. The van der Waals surface area contributed by atoms with Gasteiger partial charge in [-0.2, -0.15) is 0 Å². The summed E-state index contributed by atoms with van der Waals surface area (Å²) in [5.74, 6) is -1.07. The van der Waals surface area contributed by atoms with Crippen molar-refractivity contribution in [2.45, 2.75) is 58.3 Å². The first-order valence-corrected chi connectivity index (χ1v) is 10.1. The molecule has 0 fully saturated rings. The van der Waals surface area contributed by atoms with Gasteiger partial charge >= 0.3 is 5.97 Å². The second-order valence-electron chi connectivity index (χ2n) is 6.93. The Morgan fingerprint density at radius 3 is 2.28 bits per heavy atom. The summed E-state index contributed by atoms with van der Waals surface area (Å²) >= 11 is 0. The van der Waals surface area contributed by atoms with Crippen molar-refractivity contribution in [2.75, 3.05) is 32.3 Å². The van der Waals surface area contributed by atoms with Gasteiger partial charge in [0, 0.05) is 25.8 Å². The zero-order valence-electron chi connectivity index (χ0n) is 17.6. The third-order valence-corrected chi connectivity index (χ3v) is 4.70. The second kappa shape index (κ2) is 13.7. The number of nitrogens with zero attached hydrogens (tertiary/aromatic N) is 2. The molecular weight excluding hydrogens is 376 g/mol. The largest absolute Gasteiger partial charge is 0.465 e. The number of rotatable bonds is 14. The van der Waals surface area contributed by atoms with Gasteiger partial charge < -0.3 is 14.4 Å². The minimum Gasteiger partial charge on any atom is -0.465 e. The summed E-state index contributed by atoms with van der Waals surface area (Å²) in [6.45, 7) is 2.52. The van der Waals surface area contributed by atoms with Crippen molar-refractivity contribution in [2.24, 2.45) is 0 Å². The highest BCUT2D eigenvalue weighted by atomic mass is 16.6. The maximum atomic E-state index is 12.4. The van der Waals surface area contributed by atoms with Gasteiger partial charge in [-0.05, 0) is 12.5 Å². The third-order valence-electron chi connectivity index (χ3n) is 4.70. The number of benzene rings is 1. The van der Waals surface area contributed by atoms with Crippen molar-refractivity contribution in [3.05, 3.63) is 33.9 Å². The van der Waals surface area contributed by atoms with E-state index in [4.69, 9.17) is 9.47 Å². The van der Waals surface area contributed by atoms with Crippen molar-refractivity contribution in [1.29, 1.82) is 0 Å². The van der Waals surface area contributed by atoms with Gasteiger partial charge in [0.25, 0.3) is 11.6 Å². The number of unbranched alkanes of at least 4 members (excludes halogenated alkanes) is 7. The van der Waals surface area contributed by atoms with Crippen molar-refractivity contribution in [3.63, 3.8) is 0 Å². The predicted octanol–water partition coefficient (Wildman–Crippen LogP) is 4.50. The summed E-state index contributed by atoms with van der Waals surface area (Å²) in [7, 11) is 2.66. The molecule has 0 N–H and O–H groups in total. The maximum Gasteiger partial charge on any atom is 0.339 e. The number of nitro benzene ring substituents is 1. The smallest absolute Gasteiger partial charge is 0.339 e. The molecule has 8 nitrogen and oxygen atoms in total. The third kappa shape index (κ3) is 8.60. The Balaban J connectivity index is 2.49. The van der Waals surface area contributed by atoms with Crippen LogP contribution in [0.25, 0.3) is 0 Å². The molecule has 0 heterocycles. The number of anilines is 1. The molecule has 1 aromatic carbocycles. The van der Waals surface area contributed by atoms with Crippen LogP contribution in [0.3, 0.4) is 0 Å². The number of nitro groups is 1. The van der Waals surface area contributed by atoms with Gasteiger partial charge in [0.1, 0.15) is 6.61 Å². The van der Waals surface area contributed by atoms with Gasteiger partial charge in [0.2, 0.25) is 0 Å². The molecule has 0 unspecified atom stereocenters. The number of amides is 1. The Morgan fingerprint density at radius 2 is 1.69 bits per heavy atom. The fourth-order valence-electron chi connectivity index (χ4n) is 2.92. The lowest BCUT2D eigenvalue weighted by molar-refractivity contribution is -0.384. The highest BCUT2D eigenvalue weighted by Gasteiger charge is 2.22. The second-order valence-corrected chi connectivity index (χ2v) is 6.93. The molecule has 0 atom stereocenters. The quantitative estimate of drug-likeness (QED) is 0.194. The number of non-ortho nitro benzene ring substituents is 1. The Morgan fingerprint density at radius 1 is 1.07 bits per heavy atom. The number of ether oxygens (including phenoxy) is 2. The van der Waals surface area contributed by atoms with Gasteiger partial charge in [-0.25, -0.2) is 4.79 Å². The average Bonchev–Trinajstić information content (AvgIpc) is 2.73. The molecule has 0 aliphatic heterocycles. The molecule has 0 saturated carbocycles. The number of esters is 1. The number of methoxy groups -OCH3 is 1. The van der Waals surface area contributed by atoms with E-state index < -0.39 is 16.8 Å². The Hall–Kier alpha value is -2.48. The zero-order valence-corrected chi connectivity index (χ0v) is 17.6. The van der Waals surface area contributed by atoms with Crippen LogP contribution in [0.2, 0.25) is 0 Å². The van der Waals surface area contributed by atoms with Crippen LogP contribution in [0.4, 0.5) is 11.4 Å². The minimum absolute atomic E-state index is 0.0806. The number of carbonyl (C=O) groups excluding carboxylic acids is 2. The van der Waals surface area contributed by atoms with Crippen LogP contribution in [0.1, 0.15) is 68.6 Å². The van der Waals surface area contributed by atoms with Crippen LogP contribution in [-0.4, -0.2) is 44.2 Å². The van der Waals surface area contributed by atoms with Crippen LogP contribution < -0.4 is 4.90 Å². The molecule has 0 aromatic heterocycles. The van der Waals surface area contributed by atoms with Crippen LogP contribution in [0.5, 0.6) is 0 Å². The van der Waals surface area contributed by atoms with Gasteiger partial charge in [-0.3, -0.25) is 14.9 Å². The molecule has 0 spiro atoms. The fraction of sp³-hybridized carbons (Fsp3) is 0.619. The first-order chi connectivity index (χ1) is 13.9. The molecule has 1 aromatic rings. The molecule has 1 amide bonds. The Bertz CT molecular complexity index is 677. The summed E-state index contributed by atoms with van der Waals surface area (Å²) in [5.41, 5.74) is -0.0177. The lowest BCUT2D eigenvalue weighted by Crippen LogP contribution is -2.31. The van der Waals surface area contributed by atoms with E-state index in [0.717, 1.165) is 19.3 Å². The van der Waals surface area contributed by atoms with E-state index in [2.05, 4.69) is 6.92 Å². The maximum absolute atomic E-state index is 12.4. The van der Waals surface area contributed by atoms with Crippen LogP contribution >= 0.6 is 0 Å². The topological polar surface area (TPSA) is 99.0 Å². The molecule has 0 saturated heterocycles. The normalized spacial score (nSPS) is 10.6. The molecule has 29 heavy (non-hydrogen) atoms. The van der Waals surface area contributed by atoms with Crippen molar-refractivity contribution >= 4 is 23.3 Å². The fourth-order valence-corrected chi connectivity index (χ4v) is 2.92. The molecule has 0 aliphatic carbocycles. The monoisotopic (exact) mass is 408 g/mol. The van der Waals surface area contributed by atoms with Crippen LogP contribution in [-0.2, 0) is 14.3 Å². The van der Waals surface area contributed by atoms with E-state index in [1.54, 1.807) is 0 Å². The van der Waals surface area contributed by atoms with Gasteiger partial charge in [-0.1, -0.05) is 51.9 Å². The Labute approximate surface area is 172 Å². The van der Waals surface area contributed by atoms with Gasteiger partial charge in [-0.15, -0.1) is 0 Å². The molecular formula is C21H32N2O6. The first-order valence-electron chi connectivity index (χ1n) is 10.1. The van der Waals surface area contributed by atoms with Crippen LogP contribution in [0, 0.1) is 10.1 Å². The molecule has 1 rings (SSSR count). The van der Waals surface area contributed by atoms with Crippen molar-refractivity contribution in [3.8, 4) is 0 Å². The summed E-state index contributed by atoms with van der Waals surface area (Å²) in [6, 6.07) is 3.67. The first kappa shape index (κ1) is 24.6. The standard InChI is InChI=1S/C21H32N2O6/c1-4-5-6-7-8-9-10-11-14-29-16-20(24)22(2)19-15-17(23(26)27)12-13-18(19)21(25)28-3/h12-13,15H,4-11,14,16H2,1-3H3. The van der Waals surface area contributed by atoms with Gasteiger partial charge in [0.05, 0.1) is 23.3 Å². The lowest BCUT2D eigenvalue weighted by Gasteiger charge is -2.19. The van der Waals surface area contributed by atoms with E-state index in [0.29, 0.717) is 6.61 Å². The Kier molecular flexibility index (Phi) is 11.6. The summed E-state index contributed by atoms with van der Waals surface area (Å²) < 4.78 is 10.1. The van der Waals surface area contributed by atoms with E-state index in [1.165, 1.54) is 69.4 Å². The van der Waals surface area contributed by atoms with Crippen LogP contribution in [0.15, 0.2) is 18.2 Å². The van der Waals surface area contributed by atoms with Gasteiger partial charge in [0.15, 0.2) is 0 Å². The zero-order chi connectivity index (χ0) is 21.6. The highest BCUT2D eigenvalue weighted by Crippen LogP contribution is 2.26. The molecule has 0 bridgehead atoms. The predicted molar refractivity (Wildman–Crippen MR) is 111 cm³/mol. The SMILES string of the molecule is CCCCCCCCCCOCC(=O)N(C)c1cc([N+](=O)[O-])ccc1C(=O)OC. The number of hydrogen-bond acceptors (Lipinski definition) is 6. The van der Waals surface area contributed by atoms with Crippen molar-refractivity contribution in [1.82, 2.24) is 0 Å². The number of hydrogen-bond donors (Lipinski definition) is 0. The lowest BCUT2D eigenvalue weighted by atomic mass is 10.1. The van der Waals surface area contributed by atoms with Crippen molar-refractivity contribution < 1.29 is 24.0 Å². The number of likely N-dealkylation sites (N-methyl/N-ethyl adjacent to an activating group) is 1. The molecule has 0 radical (unpaired) electrons. The van der Waals surface area contributed by atoms with E-state index in [-0.39, 0.29) is 23.5 Å². The molecule has 162 valence electrons. The molecule has 8 heteroatoms. The number of carbonyl (C=O) groups is 2.